The predicted octanol–water partition coefficient (Wildman–Crippen LogP) is 3.57. The van der Waals surface area contributed by atoms with E-state index in [1.54, 1.807) is 45.4 Å². The molecule has 0 aliphatic carbocycles. The largest absolute Gasteiger partial charge is 0.497 e. The summed E-state index contributed by atoms with van der Waals surface area (Å²) in [6.07, 6.45) is 1.43. The van der Waals surface area contributed by atoms with E-state index in [1.807, 2.05) is 6.07 Å². The minimum absolute atomic E-state index is 0.0254. The number of carbonyl (C=O) groups excluding carboxylic acids is 2. The number of imide groups is 1. The van der Waals surface area contributed by atoms with Gasteiger partial charge in [-0.3, -0.25) is 14.6 Å². The Labute approximate surface area is 204 Å². The van der Waals surface area contributed by atoms with E-state index in [9.17, 15) is 14.0 Å². The molecule has 188 valence electrons. The molecule has 3 amide bonds. The maximum atomic E-state index is 14.3. The van der Waals surface area contributed by atoms with Gasteiger partial charge in [0.25, 0.3) is 5.91 Å². The van der Waals surface area contributed by atoms with Crippen LogP contribution in [-0.4, -0.2) is 61.7 Å². The van der Waals surface area contributed by atoms with Crippen LogP contribution < -0.4 is 19.5 Å². The van der Waals surface area contributed by atoms with Crippen molar-refractivity contribution in [2.45, 2.75) is 38.4 Å². The fourth-order valence-corrected chi connectivity index (χ4v) is 5.09. The number of likely N-dealkylation sites (tertiary alicyclic amines) is 1. The Balaban J connectivity index is 1.42. The molecule has 1 N–H and O–H groups in total. The van der Waals surface area contributed by atoms with Crippen molar-refractivity contribution < 1.29 is 28.2 Å². The summed E-state index contributed by atoms with van der Waals surface area (Å²) in [4.78, 5) is 29.7. The Morgan fingerprint density at radius 1 is 1.00 bits per heavy atom. The number of halogens is 1. The zero-order valence-electron chi connectivity index (χ0n) is 20.6. The molecule has 2 saturated heterocycles. The lowest BCUT2D eigenvalue weighted by Crippen LogP contribution is -2.53. The SMILES string of the molecule is COc1ccc(F)c(CN2CCC(C3(C)NC(=O)N(Cc4cccc(OC)c4OC)C3=O)CC2)c1. The van der Waals surface area contributed by atoms with Gasteiger partial charge in [0, 0.05) is 17.7 Å². The van der Waals surface area contributed by atoms with Gasteiger partial charge in [0.1, 0.15) is 17.1 Å². The Morgan fingerprint density at radius 3 is 2.40 bits per heavy atom. The first-order chi connectivity index (χ1) is 16.8. The van der Waals surface area contributed by atoms with Crippen LogP contribution in [0.2, 0.25) is 0 Å². The molecule has 1 unspecified atom stereocenters. The summed E-state index contributed by atoms with van der Waals surface area (Å²) in [5, 5.41) is 2.95. The van der Waals surface area contributed by atoms with Gasteiger partial charge in [-0.25, -0.2) is 9.18 Å². The summed E-state index contributed by atoms with van der Waals surface area (Å²) in [6, 6.07) is 9.71. The number of urea groups is 1. The smallest absolute Gasteiger partial charge is 0.325 e. The Bertz CT molecular complexity index is 1100. The van der Waals surface area contributed by atoms with Crippen LogP contribution >= 0.6 is 0 Å². The van der Waals surface area contributed by atoms with Crippen molar-refractivity contribution in [2.24, 2.45) is 5.92 Å². The number of carbonyl (C=O) groups is 2. The highest BCUT2D eigenvalue weighted by Gasteiger charge is 2.52. The molecule has 0 aromatic heterocycles. The van der Waals surface area contributed by atoms with Gasteiger partial charge in [0.2, 0.25) is 0 Å². The quantitative estimate of drug-likeness (QED) is 0.576. The van der Waals surface area contributed by atoms with Crippen molar-refractivity contribution in [3.63, 3.8) is 0 Å². The van der Waals surface area contributed by atoms with Crippen LogP contribution in [0.3, 0.4) is 0 Å². The van der Waals surface area contributed by atoms with Crippen molar-refractivity contribution in [1.82, 2.24) is 15.1 Å². The predicted molar refractivity (Wildman–Crippen MR) is 128 cm³/mol. The van der Waals surface area contributed by atoms with Crippen LogP contribution in [0.25, 0.3) is 0 Å². The van der Waals surface area contributed by atoms with E-state index in [-0.39, 0.29) is 24.2 Å². The van der Waals surface area contributed by atoms with Gasteiger partial charge in [0.05, 0.1) is 27.9 Å². The molecule has 0 spiro atoms. The molecule has 35 heavy (non-hydrogen) atoms. The van der Waals surface area contributed by atoms with Crippen LogP contribution in [0.15, 0.2) is 36.4 Å². The van der Waals surface area contributed by atoms with Gasteiger partial charge < -0.3 is 19.5 Å². The van der Waals surface area contributed by atoms with Crippen LogP contribution in [0.5, 0.6) is 17.2 Å². The zero-order chi connectivity index (χ0) is 25.2. The van der Waals surface area contributed by atoms with Crippen molar-refractivity contribution in [2.75, 3.05) is 34.4 Å². The number of methoxy groups -OCH3 is 3. The normalized spacial score (nSPS) is 21.2. The standard InChI is InChI=1S/C26H32FN3O5/c1-26(19-10-12-29(13-11-19)15-18-14-20(33-2)8-9-21(18)27)24(31)30(25(32)28-26)16-17-6-5-7-22(34-3)23(17)35-4/h5-9,14,19H,10-13,15-16H2,1-4H3,(H,28,32). The number of piperidine rings is 1. The van der Waals surface area contributed by atoms with Gasteiger partial charge in [-0.05, 0) is 63.0 Å². The summed E-state index contributed by atoms with van der Waals surface area (Å²) < 4.78 is 30.3. The lowest BCUT2D eigenvalue weighted by molar-refractivity contribution is -0.133. The Hall–Kier alpha value is -3.33. The van der Waals surface area contributed by atoms with Crippen molar-refractivity contribution in [3.8, 4) is 17.2 Å². The number of hydrogen-bond donors (Lipinski definition) is 1. The maximum absolute atomic E-state index is 14.3. The van der Waals surface area contributed by atoms with E-state index in [0.717, 1.165) is 0 Å². The number of hydrogen-bond acceptors (Lipinski definition) is 6. The second-order valence-corrected chi connectivity index (χ2v) is 9.18. The molecule has 0 radical (unpaired) electrons. The summed E-state index contributed by atoms with van der Waals surface area (Å²) >= 11 is 0. The van der Waals surface area contributed by atoms with E-state index in [0.29, 0.717) is 60.9 Å². The molecule has 0 bridgehead atoms. The molecule has 2 fully saturated rings. The Morgan fingerprint density at radius 2 is 1.74 bits per heavy atom. The molecular weight excluding hydrogens is 453 g/mol. The minimum Gasteiger partial charge on any atom is -0.497 e. The number of amides is 3. The third-order valence-electron chi connectivity index (χ3n) is 7.17. The molecule has 2 aliphatic heterocycles. The molecule has 8 nitrogen and oxygen atoms in total. The summed E-state index contributed by atoms with van der Waals surface area (Å²) in [7, 11) is 4.63. The van der Waals surface area contributed by atoms with Crippen molar-refractivity contribution >= 4 is 11.9 Å². The highest BCUT2D eigenvalue weighted by Crippen LogP contribution is 2.37. The number of nitrogens with zero attached hydrogens (tertiary/aromatic N) is 2. The van der Waals surface area contributed by atoms with Gasteiger partial charge in [0.15, 0.2) is 11.5 Å². The van der Waals surface area contributed by atoms with Crippen LogP contribution in [-0.2, 0) is 17.9 Å². The minimum atomic E-state index is -0.990. The highest BCUT2D eigenvalue weighted by molar-refractivity contribution is 6.07. The van der Waals surface area contributed by atoms with E-state index in [2.05, 4.69) is 10.2 Å². The van der Waals surface area contributed by atoms with E-state index < -0.39 is 11.6 Å². The molecular formula is C26H32FN3O5. The fraction of sp³-hybridized carbons (Fsp3) is 0.462. The molecule has 0 saturated carbocycles. The summed E-state index contributed by atoms with van der Waals surface area (Å²) in [5.41, 5.74) is 0.281. The molecule has 2 aliphatic rings. The lowest BCUT2D eigenvalue weighted by Gasteiger charge is -2.39. The first kappa shape index (κ1) is 24.8. The topological polar surface area (TPSA) is 80.3 Å². The monoisotopic (exact) mass is 485 g/mol. The summed E-state index contributed by atoms with van der Waals surface area (Å²) in [5.74, 6) is 1.13. The second-order valence-electron chi connectivity index (χ2n) is 9.18. The highest BCUT2D eigenvalue weighted by atomic mass is 19.1. The molecule has 2 aromatic rings. The van der Waals surface area contributed by atoms with Crippen LogP contribution in [0, 0.1) is 11.7 Å². The lowest BCUT2D eigenvalue weighted by atomic mass is 9.78. The number of rotatable bonds is 8. The number of nitrogens with one attached hydrogen (secondary N) is 1. The van der Waals surface area contributed by atoms with Crippen molar-refractivity contribution in [1.29, 1.82) is 0 Å². The average Bonchev–Trinajstić information content (AvgIpc) is 3.09. The van der Waals surface area contributed by atoms with Gasteiger partial charge in [-0.1, -0.05) is 12.1 Å². The van der Waals surface area contributed by atoms with E-state index in [1.165, 1.54) is 18.1 Å². The molecule has 2 heterocycles. The fourth-order valence-electron chi connectivity index (χ4n) is 5.09. The first-order valence-electron chi connectivity index (χ1n) is 11.7. The number of benzene rings is 2. The molecule has 2 aromatic carbocycles. The molecule has 9 heteroatoms. The van der Waals surface area contributed by atoms with Crippen molar-refractivity contribution in [3.05, 3.63) is 53.3 Å². The third-order valence-corrected chi connectivity index (χ3v) is 7.17. The Kier molecular flexibility index (Phi) is 7.16. The molecule has 1 atom stereocenters. The van der Waals surface area contributed by atoms with Crippen LogP contribution in [0.4, 0.5) is 9.18 Å². The van der Waals surface area contributed by atoms with E-state index in [4.69, 9.17) is 14.2 Å². The van der Waals surface area contributed by atoms with Gasteiger partial charge in [-0.15, -0.1) is 0 Å². The van der Waals surface area contributed by atoms with Gasteiger partial charge >= 0.3 is 6.03 Å². The maximum Gasteiger partial charge on any atom is 0.325 e. The average molecular weight is 486 g/mol. The number of para-hydroxylation sites is 1. The first-order valence-corrected chi connectivity index (χ1v) is 11.7. The van der Waals surface area contributed by atoms with E-state index >= 15 is 0 Å². The third kappa shape index (κ3) is 4.77. The second kappa shape index (κ2) is 10.1. The number of ether oxygens (including phenoxy) is 3. The van der Waals surface area contributed by atoms with Crippen LogP contribution in [0.1, 0.15) is 30.9 Å². The summed E-state index contributed by atoms with van der Waals surface area (Å²) in [6.45, 7) is 3.76. The molecule has 4 rings (SSSR count). The van der Waals surface area contributed by atoms with Gasteiger partial charge in [-0.2, -0.15) is 0 Å². The zero-order valence-corrected chi connectivity index (χ0v) is 20.6.